The summed E-state index contributed by atoms with van der Waals surface area (Å²) in [4.78, 5) is 4.71. The number of aliphatic hydroxyl groups is 1. The number of aliphatic hydroxyl groups excluding tert-OH is 1. The highest BCUT2D eigenvalue weighted by Gasteiger charge is 2.22. The van der Waals surface area contributed by atoms with Gasteiger partial charge in [-0.05, 0) is 56.5 Å². The molecule has 0 aliphatic carbocycles. The van der Waals surface area contributed by atoms with Gasteiger partial charge in [0, 0.05) is 15.5 Å². The zero-order valence-corrected chi connectivity index (χ0v) is 15.0. The van der Waals surface area contributed by atoms with Gasteiger partial charge in [0.1, 0.15) is 10.7 Å². The van der Waals surface area contributed by atoms with Crippen LogP contribution in [0.1, 0.15) is 10.4 Å². The summed E-state index contributed by atoms with van der Waals surface area (Å²) < 4.78 is 28.3. The Kier molecular flexibility index (Phi) is 4.85. The number of sulfonamides is 1. The average Bonchev–Trinajstić information content (AvgIpc) is 2.75. The van der Waals surface area contributed by atoms with Crippen molar-refractivity contribution in [3.63, 3.8) is 0 Å². The highest BCUT2D eigenvalue weighted by molar-refractivity contribution is 9.11. The van der Waals surface area contributed by atoms with Crippen molar-refractivity contribution in [1.82, 2.24) is 4.98 Å². The Morgan fingerprint density at radius 3 is 2.65 bits per heavy atom. The molecule has 108 valence electrons. The monoisotopic (exact) mass is 440 g/mol. The quantitative estimate of drug-likeness (QED) is 0.762. The van der Waals surface area contributed by atoms with E-state index in [9.17, 15) is 8.42 Å². The van der Waals surface area contributed by atoms with Gasteiger partial charge in [0.25, 0.3) is 10.0 Å². The molecule has 0 amide bonds. The second-order valence-corrected chi connectivity index (χ2v) is 8.95. The Balaban J connectivity index is 2.38. The summed E-state index contributed by atoms with van der Waals surface area (Å²) in [6, 6.07) is 3.21. The topological polar surface area (TPSA) is 79.3 Å². The molecule has 0 radical (unpaired) electrons. The molecule has 0 spiro atoms. The number of hydrogen-bond donors (Lipinski definition) is 2. The van der Waals surface area contributed by atoms with Crippen LogP contribution in [0.2, 0.25) is 0 Å². The molecule has 0 aromatic carbocycles. The Morgan fingerprint density at radius 2 is 2.10 bits per heavy atom. The first-order chi connectivity index (χ1) is 9.33. The summed E-state index contributed by atoms with van der Waals surface area (Å²) in [7, 11) is -3.74. The third-order valence-corrected chi connectivity index (χ3v) is 6.44. The Labute approximate surface area is 137 Å². The van der Waals surface area contributed by atoms with Crippen LogP contribution >= 0.6 is 43.2 Å². The van der Waals surface area contributed by atoms with Crippen LogP contribution in [0.4, 0.5) is 5.82 Å². The van der Waals surface area contributed by atoms with Crippen LogP contribution in [-0.4, -0.2) is 18.5 Å². The van der Waals surface area contributed by atoms with Crippen molar-refractivity contribution in [3.05, 3.63) is 37.0 Å². The Hall–Kier alpha value is -0.480. The smallest absolute Gasteiger partial charge is 0.265 e. The van der Waals surface area contributed by atoms with Crippen molar-refractivity contribution in [1.29, 1.82) is 0 Å². The predicted octanol–water partition coefficient (Wildman–Crippen LogP) is 3.27. The van der Waals surface area contributed by atoms with Gasteiger partial charge in [-0.25, -0.2) is 13.4 Å². The highest BCUT2D eigenvalue weighted by atomic mass is 79.9. The molecule has 2 rings (SSSR count). The van der Waals surface area contributed by atoms with Crippen LogP contribution < -0.4 is 4.72 Å². The minimum absolute atomic E-state index is 0.0932. The molecule has 0 unspecified atom stereocenters. The van der Waals surface area contributed by atoms with Gasteiger partial charge in [-0.15, -0.1) is 11.3 Å². The number of thiophene rings is 1. The Morgan fingerprint density at radius 1 is 1.40 bits per heavy atom. The second-order valence-electron chi connectivity index (χ2n) is 3.93. The summed E-state index contributed by atoms with van der Waals surface area (Å²) in [5, 5.41) is 9.06. The molecule has 0 aliphatic rings. The number of pyridine rings is 1. The molecule has 20 heavy (non-hydrogen) atoms. The lowest BCUT2D eigenvalue weighted by atomic mass is 10.3. The van der Waals surface area contributed by atoms with E-state index in [2.05, 4.69) is 41.6 Å². The Bertz CT molecular complexity index is 744. The van der Waals surface area contributed by atoms with E-state index in [-0.39, 0.29) is 17.3 Å². The number of anilines is 1. The molecule has 2 aromatic heterocycles. The van der Waals surface area contributed by atoms with Gasteiger partial charge < -0.3 is 5.11 Å². The van der Waals surface area contributed by atoms with Crippen molar-refractivity contribution < 1.29 is 13.5 Å². The standard InChI is InChI=1S/C11H10Br2N2O3S2/c1-6-2-7(12)4-14-11(6)15-20(17,18)9-3-8(5-16)19-10(9)13/h2-4,16H,5H2,1H3,(H,14,15). The number of nitrogens with one attached hydrogen (secondary N) is 1. The zero-order chi connectivity index (χ0) is 14.9. The number of aryl methyl sites for hydroxylation is 1. The van der Waals surface area contributed by atoms with Crippen LogP contribution in [0.3, 0.4) is 0 Å². The normalized spacial score (nSPS) is 11.6. The molecule has 2 heterocycles. The second kappa shape index (κ2) is 6.10. The number of nitrogens with zero attached hydrogens (tertiary/aromatic N) is 1. The fraction of sp³-hybridized carbons (Fsp3) is 0.182. The minimum atomic E-state index is -3.74. The van der Waals surface area contributed by atoms with E-state index in [0.717, 1.165) is 4.47 Å². The maximum Gasteiger partial charge on any atom is 0.265 e. The van der Waals surface area contributed by atoms with Crippen molar-refractivity contribution >= 4 is 59.0 Å². The van der Waals surface area contributed by atoms with Gasteiger partial charge >= 0.3 is 0 Å². The molecule has 0 fully saturated rings. The molecular weight excluding hydrogens is 432 g/mol. The molecule has 0 saturated carbocycles. The largest absolute Gasteiger partial charge is 0.391 e. The van der Waals surface area contributed by atoms with Crippen molar-refractivity contribution in [2.45, 2.75) is 18.4 Å². The molecule has 5 nitrogen and oxygen atoms in total. The third-order valence-electron chi connectivity index (χ3n) is 2.43. The summed E-state index contributed by atoms with van der Waals surface area (Å²) in [6.45, 7) is 1.56. The zero-order valence-electron chi connectivity index (χ0n) is 10.2. The first-order valence-corrected chi connectivity index (χ1v) is 9.26. The fourth-order valence-electron chi connectivity index (χ4n) is 1.49. The molecule has 2 N–H and O–H groups in total. The molecular formula is C11H10Br2N2O3S2. The van der Waals surface area contributed by atoms with E-state index < -0.39 is 10.0 Å². The summed E-state index contributed by atoms with van der Waals surface area (Å²) in [5.41, 5.74) is 0.705. The van der Waals surface area contributed by atoms with Crippen molar-refractivity contribution in [2.75, 3.05) is 4.72 Å². The SMILES string of the molecule is Cc1cc(Br)cnc1NS(=O)(=O)c1cc(CO)sc1Br. The predicted molar refractivity (Wildman–Crippen MR) is 85.4 cm³/mol. The molecule has 9 heteroatoms. The van der Waals surface area contributed by atoms with E-state index in [4.69, 9.17) is 5.11 Å². The van der Waals surface area contributed by atoms with E-state index in [0.29, 0.717) is 14.2 Å². The van der Waals surface area contributed by atoms with E-state index in [1.807, 2.05) is 0 Å². The van der Waals surface area contributed by atoms with Crippen LogP contribution in [-0.2, 0) is 16.6 Å². The first-order valence-electron chi connectivity index (χ1n) is 5.37. The summed E-state index contributed by atoms with van der Waals surface area (Å²) >= 11 is 7.65. The lowest BCUT2D eigenvalue weighted by Crippen LogP contribution is -2.14. The van der Waals surface area contributed by atoms with Crippen LogP contribution in [0, 0.1) is 6.92 Å². The molecule has 0 bridgehead atoms. The number of aromatic nitrogens is 1. The molecule has 2 aromatic rings. The van der Waals surface area contributed by atoms with Crippen molar-refractivity contribution in [3.8, 4) is 0 Å². The maximum atomic E-state index is 12.3. The van der Waals surface area contributed by atoms with Crippen molar-refractivity contribution in [2.24, 2.45) is 0 Å². The van der Waals surface area contributed by atoms with E-state index in [1.54, 1.807) is 13.0 Å². The van der Waals surface area contributed by atoms with Gasteiger partial charge in [-0.3, -0.25) is 4.72 Å². The van der Waals surface area contributed by atoms with Crippen LogP contribution in [0.5, 0.6) is 0 Å². The summed E-state index contributed by atoms with van der Waals surface area (Å²) in [5.74, 6) is 0.275. The summed E-state index contributed by atoms with van der Waals surface area (Å²) in [6.07, 6.45) is 1.52. The van der Waals surface area contributed by atoms with Crippen LogP contribution in [0.25, 0.3) is 0 Å². The minimum Gasteiger partial charge on any atom is -0.391 e. The van der Waals surface area contributed by atoms with Gasteiger partial charge in [0.05, 0.1) is 10.4 Å². The highest BCUT2D eigenvalue weighted by Crippen LogP contribution is 2.33. The van der Waals surface area contributed by atoms with Gasteiger partial charge in [-0.2, -0.15) is 0 Å². The average molecular weight is 442 g/mol. The van der Waals surface area contributed by atoms with Gasteiger partial charge in [0.2, 0.25) is 0 Å². The number of halogens is 2. The molecule has 0 atom stereocenters. The third kappa shape index (κ3) is 3.40. The lowest BCUT2D eigenvalue weighted by Gasteiger charge is -2.09. The maximum absolute atomic E-state index is 12.3. The lowest BCUT2D eigenvalue weighted by molar-refractivity contribution is 0.285. The van der Waals surface area contributed by atoms with Crippen LogP contribution in [0.15, 0.2) is 31.5 Å². The number of rotatable bonds is 4. The first kappa shape index (κ1) is 15.9. The molecule has 0 saturated heterocycles. The number of hydrogen-bond acceptors (Lipinski definition) is 5. The van der Waals surface area contributed by atoms with Gasteiger partial charge in [-0.1, -0.05) is 0 Å². The van der Waals surface area contributed by atoms with Gasteiger partial charge in [0.15, 0.2) is 0 Å². The van der Waals surface area contributed by atoms with E-state index in [1.165, 1.54) is 23.6 Å². The van der Waals surface area contributed by atoms with E-state index >= 15 is 0 Å². The molecule has 0 aliphatic heterocycles. The fourth-order valence-corrected chi connectivity index (χ4v) is 5.56.